The van der Waals surface area contributed by atoms with E-state index in [2.05, 4.69) is 0 Å². The Morgan fingerprint density at radius 3 is 1.46 bits per heavy atom. The van der Waals surface area contributed by atoms with Gasteiger partial charge in [0.05, 0.1) is 18.0 Å². The van der Waals surface area contributed by atoms with Gasteiger partial charge < -0.3 is 0 Å². The summed E-state index contributed by atoms with van der Waals surface area (Å²) in [6, 6.07) is 27.5. The summed E-state index contributed by atoms with van der Waals surface area (Å²) in [5.74, 6) is 0. The second-order valence-electron chi connectivity index (χ2n) is 5.61. The zero-order valence-corrected chi connectivity index (χ0v) is 14.5. The van der Waals surface area contributed by atoms with Gasteiger partial charge in [0.15, 0.2) is 0 Å². The third kappa shape index (κ3) is 6.06. The molecule has 3 rings (SSSR count). The summed E-state index contributed by atoms with van der Waals surface area (Å²) in [4.78, 5) is 0.140. The van der Waals surface area contributed by atoms with Gasteiger partial charge >= 0.3 is 39.7 Å². The topological polar surface area (TPSA) is 46.6 Å². The maximum absolute atomic E-state index is 12.6. The Bertz CT molecular complexity index is 847. The molecule has 0 saturated heterocycles. The number of benzene rings is 3. The van der Waals surface area contributed by atoms with Crippen molar-refractivity contribution in [2.75, 3.05) is 0 Å². The van der Waals surface area contributed by atoms with E-state index in [0.29, 0.717) is 13.1 Å². The summed E-state index contributed by atoms with van der Waals surface area (Å²) >= 11 is 0. The predicted octanol–water partition coefficient (Wildman–Crippen LogP) is 3.36. The van der Waals surface area contributed by atoms with Crippen LogP contribution in [0.15, 0.2) is 95.9 Å². The van der Waals surface area contributed by atoms with Crippen LogP contribution in [0, 0.1) is 0 Å². The van der Waals surface area contributed by atoms with Crippen LogP contribution in [0.1, 0.15) is 11.1 Å². The molecule has 26 heavy (non-hydrogen) atoms. The van der Waals surface area contributed by atoms with Crippen LogP contribution in [0.25, 0.3) is 0 Å². The van der Waals surface area contributed by atoms with Crippen molar-refractivity contribution in [3.8, 4) is 0 Å². The first-order valence-electron chi connectivity index (χ1n) is 7.96. The number of rotatable bonds is 7. The molecule has 3 aromatic rings. The maximum atomic E-state index is 12.6. The first-order chi connectivity index (χ1) is 12.1. The van der Waals surface area contributed by atoms with Crippen LogP contribution in [0.4, 0.5) is 0 Å². The molecule has 0 aliphatic heterocycles. The van der Waals surface area contributed by atoms with Gasteiger partial charge in [-0.3, -0.25) is 0 Å². The molecule has 4 nitrogen and oxygen atoms in total. The average Bonchev–Trinajstić information content (AvgIpc) is 2.64. The summed E-state index contributed by atoms with van der Waals surface area (Å²) in [5, 5.41) is 1.47. The summed E-state index contributed by atoms with van der Waals surface area (Å²) in [6.45, 7) is 0.726. The van der Waals surface area contributed by atoms with Gasteiger partial charge in [-0.2, -0.15) is 17.8 Å². The van der Waals surface area contributed by atoms with E-state index in [1.807, 2.05) is 60.7 Å². The fraction of sp³-hybridized carbons (Fsp3) is 0.100. The van der Waals surface area contributed by atoms with Gasteiger partial charge in [-0.25, -0.2) is 0 Å². The Morgan fingerprint density at radius 1 is 0.654 bits per heavy atom. The van der Waals surface area contributed by atoms with Gasteiger partial charge in [0, 0.05) is 0 Å². The second kappa shape index (κ2) is 10.0. The zero-order chi connectivity index (χ0) is 17.5. The molecule has 0 aromatic heterocycles. The molecule has 0 amide bonds. The second-order valence-corrected chi connectivity index (χ2v) is 7.14. The van der Waals surface area contributed by atoms with E-state index in [1.165, 1.54) is 17.2 Å². The van der Waals surface area contributed by atoms with Crippen LogP contribution in [0.2, 0.25) is 0 Å². The van der Waals surface area contributed by atoms with E-state index >= 15 is 0 Å². The van der Waals surface area contributed by atoms with Crippen LogP contribution < -0.4 is 0 Å². The first kappa shape index (κ1) is 20.8. The molecule has 0 unspecified atom stereocenters. The molecule has 0 aliphatic carbocycles. The monoisotopic (exact) mass is 377 g/mol. The van der Waals surface area contributed by atoms with Crippen molar-refractivity contribution in [1.29, 1.82) is 0 Å². The molecule has 0 atom stereocenters. The Kier molecular flexibility index (Phi) is 8.03. The van der Waals surface area contributed by atoms with Gasteiger partial charge in [-0.05, 0) is 23.3 Å². The third-order valence-corrected chi connectivity index (χ3v) is 4.90. The molecule has 130 valence electrons. The van der Waals surface area contributed by atoms with Crippen LogP contribution in [-0.2, 0) is 27.5 Å². The molecule has 6 heteroatoms. The Morgan fingerprint density at radius 2 is 1.04 bits per heavy atom. The molecular weight excluding hydrogens is 357 g/mol. The molecule has 0 saturated carbocycles. The minimum absolute atomic E-state index is 0. The van der Waals surface area contributed by atoms with Crippen molar-refractivity contribution in [3.05, 3.63) is 102 Å². The van der Waals surface area contributed by atoms with Gasteiger partial charge in [0.2, 0.25) is 0 Å². The molecule has 0 N–H and O–H groups in total. The molecule has 0 radical (unpaired) electrons. The van der Waals surface area contributed by atoms with Gasteiger partial charge in [0.25, 0.3) is 0 Å². The number of nitrogens with zero attached hydrogens (tertiary/aromatic N) is 1. The zero-order valence-electron chi connectivity index (χ0n) is 13.7. The van der Waals surface area contributed by atoms with Gasteiger partial charge in [0.1, 0.15) is 0 Å². The standard InChI is InChI=1S/C20H19NO3S.Na.H/c22-25(23,20-14-8-3-9-15-20)24-21(16-18-10-4-1-5-11-18)17-19-12-6-2-7-13-19;;/h1-15H,16-17H2;;. The number of hydroxylamine groups is 2. The molecule has 0 heterocycles. The van der Waals surface area contributed by atoms with Crippen LogP contribution in [0.5, 0.6) is 0 Å². The number of hydrogen-bond donors (Lipinski definition) is 0. The van der Waals surface area contributed by atoms with Crippen molar-refractivity contribution >= 4 is 39.7 Å². The summed E-state index contributed by atoms with van der Waals surface area (Å²) < 4.78 is 30.6. The Labute approximate surface area is 176 Å². The van der Waals surface area contributed by atoms with Crippen molar-refractivity contribution in [3.63, 3.8) is 0 Å². The van der Waals surface area contributed by atoms with E-state index in [0.717, 1.165) is 11.1 Å². The quantitative estimate of drug-likeness (QED) is 0.468. The van der Waals surface area contributed by atoms with Crippen LogP contribution >= 0.6 is 0 Å². The van der Waals surface area contributed by atoms with E-state index in [4.69, 9.17) is 4.28 Å². The van der Waals surface area contributed by atoms with E-state index in [1.54, 1.807) is 18.2 Å². The molecule has 3 aromatic carbocycles. The average molecular weight is 377 g/mol. The van der Waals surface area contributed by atoms with Crippen molar-refractivity contribution in [2.45, 2.75) is 18.0 Å². The minimum atomic E-state index is -3.87. The summed E-state index contributed by atoms with van der Waals surface area (Å²) in [6.07, 6.45) is 0. The Balaban J connectivity index is 0.00000243. The fourth-order valence-corrected chi connectivity index (χ4v) is 3.41. The fourth-order valence-electron chi connectivity index (χ4n) is 2.45. The normalized spacial score (nSPS) is 11.1. The molecule has 0 bridgehead atoms. The molecule has 0 spiro atoms. The van der Waals surface area contributed by atoms with Crippen molar-refractivity contribution < 1.29 is 12.7 Å². The predicted molar refractivity (Wildman–Crippen MR) is 104 cm³/mol. The molecule has 0 aliphatic rings. The SMILES string of the molecule is O=S(=O)(ON(Cc1ccccc1)Cc1ccccc1)c1ccccc1.[NaH]. The molecule has 0 fully saturated rings. The number of hydrogen-bond acceptors (Lipinski definition) is 4. The first-order valence-corrected chi connectivity index (χ1v) is 9.37. The van der Waals surface area contributed by atoms with E-state index < -0.39 is 10.1 Å². The van der Waals surface area contributed by atoms with E-state index in [-0.39, 0.29) is 34.5 Å². The van der Waals surface area contributed by atoms with Crippen molar-refractivity contribution in [1.82, 2.24) is 5.06 Å². The van der Waals surface area contributed by atoms with Crippen LogP contribution in [-0.4, -0.2) is 43.0 Å². The van der Waals surface area contributed by atoms with Crippen LogP contribution in [0.3, 0.4) is 0 Å². The van der Waals surface area contributed by atoms with Gasteiger partial charge in [-0.1, -0.05) is 78.9 Å². The summed E-state index contributed by atoms with van der Waals surface area (Å²) in [7, 11) is -3.87. The third-order valence-electron chi connectivity index (χ3n) is 3.64. The van der Waals surface area contributed by atoms with Gasteiger partial charge in [-0.15, -0.1) is 0 Å². The van der Waals surface area contributed by atoms with E-state index in [9.17, 15) is 8.42 Å². The summed E-state index contributed by atoms with van der Waals surface area (Å²) in [5.41, 5.74) is 1.95. The Hall–Kier alpha value is -1.47. The van der Waals surface area contributed by atoms with Crippen molar-refractivity contribution in [2.24, 2.45) is 0 Å². The molecular formula is C20H20NNaO3S.